The number of benzene rings is 1. The van der Waals surface area contributed by atoms with Crippen LogP contribution in [0.3, 0.4) is 0 Å². The van der Waals surface area contributed by atoms with Crippen LogP contribution in [0.2, 0.25) is 0 Å². The topological polar surface area (TPSA) is 29.5 Å². The highest BCUT2D eigenvalue weighted by molar-refractivity contribution is 5.35. The Morgan fingerprint density at radius 3 is 2.63 bits per heavy atom. The van der Waals surface area contributed by atoms with Gasteiger partial charge in [-0.1, -0.05) is 18.2 Å². The Balaban J connectivity index is 1.50. The summed E-state index contributed by atoms with van der Waals surface area (Å²) in [5.41, 5.74) is 4.39. The molecule has 1 aromatic rings. The first-order valence-corrected chi connectivity index (χ1v) is 7.68. The highest BCUT2D eigenvalue weighted by Crippen LogP contribution is 2.27. The van der Waals surface area contributed by atoms with E-state index in [0.29, 0.717) is 18.6 Å². The number of aryl methyl sites for hydroxylation is 2. The fraction of sp³-hybridized carbons (Fsp3) is 0.647. The molecule has 0 amide bonds. The Hall–Kier alpha value is -0.860. The minimum atomic E-state index is 0.345. The van der Waals surface area contributed by atoms with E-state index in [1.54, 1.807) is 0 Å². The van der Waals surface area contributed by atoms with E-state index in [0.717, 1.165) is 32.3 Å². The van der Waals surface area contributed by atoms with Gasteiger partial charge in [0.05, 0.1) is 12.7 Å². The van der Waals surface area contributed by atoms with Crippen LogP contribution in [0.25, 0.3) is 0 Å². The highest BCUT2D eigenvalue weighted by Gasteiger charge is 2.21. The van der Waals surface area contributed by atoms with Crippen molar-refractivity contribution >= 4 is 0 Å². The summed E-state index contributed by atoms with van der Waals surface area (Å²) in [5.74, 6) is 0.514. The van der Waals surface area contributed by atoms with Gasteiger partial charge >= 0.3 is 0 Å². The first-order chi connectivity index (χ1) is 9.35. The van der Waals surface area contributed by atoms with E-state index in [2.05, 4.69) is 18.2 Å². The average Bonchev–Trinajstić information content (AvgIpc) is 2.93. The molecule has 3 rings (SSSR count). The number of hydrogen-bond acceptors (Lipinski definition) is 2. The van der Waals surface area contributed by atoms with E-state index in [1.165, 1.54) is 36.0 Å². The SMILES string of the molecule is OCC1CCC(OCc2ccc3c(c2)CCC3)CC1. The first-order valence-electron chi connectivity index (χ1n) is 7.68. The van der Waals surface area contributed by atoms with Gasteiger partial charge in [0.1, 0.15) is 0 Å². The number of rotatable bonds is 4. The normalized spacial score (nSPS) is 26.4. The smallest absolute Gasteiger partial charge is 0.0720 e. The van der Waals surface area contributed by atoms with Crippen molar-refractivity contribution in [3.63, 3.8) is 0 Å². The molecule has 0 radical (unpaired) electrons. The van der Waals surface area contributed by atoms with E-state index >= 15 is 0 Å². The number of ether oxygens (including phenoxy) is 1. The van der Waals surface area contributed by atoms with Crippen molar-refractivity contribution < 1.29 is 9.84 Å². The van der Waals surface area contributed by atoms with Gasteiger partial charge < -0.3 is 9.84 Å². The summed E-state index contributed by atoms with van der Waals surface area (Å²) in [6.07, 6.45) is 8.65. The van der Waals surface area contributed by atoms with Gasteiger partial charge in [-0.15, -0.1) is 0 Å². The van der Waals surface area contributed by atoms with Crippen molar-refractivity contribution in [1.29, 1.82) is 0 Å². The van der Waals surface area contributed by atoms with Gasteiger partial charge in [0.25, 0.3) is 0 Å². The molecule has 0 spiro atoms. The molecule has 0 atom stereocenters. The Morgan fingerprint density at radius 2 is 1.84 bits per heavy atom. The van der Waals surface area contributed by atoms with Crippen LogP contribution in [-0.4, -0.2) is 17.8 Å². The van der Waals surface area contributed by atoms with Crippen molar-refractivity contribution in [2.24, 2.45) is 5.92 Å². The molecule has 19 heavy (non-hydrogen) atoms. The second-order valence-corrected chi connectivity index (χ2v) is 6.09. The molecule has 0 aromatic heterocycles. The van der Waals surface area contributed by atoms with Gasteiger partial charge in [0.15, 0.2) is 0 Å². The number of hydrogen-bond donors (Lipinski definition) is 1. The third kappa shape index (κ3) is 3.18. The Labute approximate surface area is 115 Å². The molecule has 0 bridgehead atoms. The average molecular weight is 260 g/mol. The van der Waals surface area contributed by atoms with Crippen molar-refractivity contribution in [3.05, 3.63) is 34.9 Å². The molecule has 2 aliphatic carbocycles. The van der Waals surface area contributed by atoms with Gasteiger partial charge in [-0.25, -0.2) is 0 Å². The third-order valence-corrected chi connectivity index (χ3v) is 4.70. The third-order valence-electron chi connectivity index (χ3n) is 4.70. The molecule has 2 heteroatoms. The van der Waals surface area contributed by atoms with Crippen LogP contribution in [-0.2, 0) is 24.2 Å². The van der Waals surface area contributed by atoms with Gasteiger partial charge in [-0.05, 0) is 67.6 Å². The summed E-state index contributed by atoms with van der Waals surface area (Å²) in [5, 5.41) is 9.13. The van der Waals surface area contributed by atoms with Crippen LogP contribution >= 0.6 is 0 Å². The summed E-state index contributed by atoms with van der Waals surface area (Å²) in [4.78, 5) is 0. The van der Waals surface area contributed by atoms with E-state index in [-0.39, 0.29) is 0 Å². The van der Waals surface area contributed by atoms with E-state index in [1.807, 2.05) is 0 Å². The summed E-state index contributed by atoms with van der Waals surface area (Å²) in [7, 11) is 0. The minimum Gasteiger partial charge on any atom is -0.396 e. The molecule has 2 nitrogen and oxygen atoms in total. The molecule has 1 N–H and O–H groups in total. The zero-order valence-corrected chi connectivity index (χ0v) is 11.6. The molecular weight excluding hydrogens is 236 g/mol. The lowest BCUT2D eigenvalue weighted by atomic mass is 9.88. The molecule has 0 unspecified atom stereocenters. The molecule has 1 saturated carbocycles. The van der Waals surface area contributed by atoms with E-state index < -0.39 is 0 Å². The van der Waals surface area contributed by atoms with Crippen molar-refractivity contribution in [1.82, 2.24) is 0 Å². The maximum Gasteiger partial charge on any atom is 0.0720 e. The Morgan fingerprint density at radius 1 is 1.05 bits per heavy atom. The minimum absolute atomic E-state index is 0.345. The molecule has 1 fully saturated rings. The molecule has 2 aliphatic rings. The van der Waals surface area contributed by atoms with Crippen LogP contribution < -0.4 is 0 Å². The fourth-order valence-corrected chi connectivity index (χ4v) is 3.41. The highest BCUT2D eigenvalue weighted by atomic mass is 16.5. The number of aliphatic hydroxyl groups excluding tert-OH is 1. The standard InChI is InChI=1S/C17H24O2/c18-11-13-5-8-17(9-6-13)19-12-14-4-7-15-2-1-3-16(15)10-14/h4,7,10,13,17-18H,1-3,5-6,8-9,11-12H2. The summed E-state index contributed by atoms with van der Waals surface area (Å²) in [6, 6.07) is 6.84. The van der Waals surface area contributed by atoms with E-state index in [4.69, 9.17) is 9.84 Å². The maximum atomic E-state index is 9.13. The van der Waals surface area contributed by atoms with Crippen LogP contribution in [0.5, 0.6) is 0 Å². The molecule has 0 heterocycles. The van der Waals surface area contributed by atoms with Crippen LogP contribution in [0.1, 0.15) is 48.8 Å². The van der Waals surface area contributed by atoms with Crippen molar-refractivity contribution in [3.8, 4) is 0 Å². The van der Waals surface area contributed by atoms with Gasteiger partial charge in [0.2, 0.25) is 0 Å². The van der Waals surface area contributed by atoms with Gasteiger partial charge in [-0.3, -0.25) is 0 Å². The first kappa shape index (κ1) is 13.1. The molecule has 1 aromatic carbocycles. The quantitative estimate of drug-likeness (QED) is 0.900. The van der Waals surface area contributed by atoms with E-state index in [9.17, 15) is 0 Å². The van der Waals surface area contributed by atoms with Crippen LogP contribution in [0, 0.1) is 5.92 Å². The lowest BCUT2D eigenvalue weighted by Crippen LogP contribution is -2.23. The largest absolute Gasteiger partial charge is 0.396 e. The second-order valence-electron chi connectivity index (χ2n) is 6.09. The lowest BCUT2D eigenvalue weighted by Gasteiger charge is -2.27. The van der Waals surface area contributed by atoms with Gasteiger partial charge in [-0.2, -0.15) is 0 Å². The Kier molecular flexibility index (Phi) is 4.19. The van der Waals surface area contributed by atoms with Crippen molar-refractivity contribution in [2.45, 2.75) is 57.7 Å². The predicted octanol–water partition coefficient (Wildman–Crippen LogP) is 3.24. The molecule has 0 aliphatic heterocycles. The lowest BCUT2D eigenvalue weighted by molar-refractivity contribution is 0.00118. The van der Waals surface area contributed by atoms with Crippen LogP contribution in [0.15, 0.2) is 18.2 Å². The Bertz CT molecular complexity index is 419. The van der Waals surface area contributed by atoms with Crippen LogP contribution in [0.4, 0.5) is 0 Å². The molecular formula is C17H24O2. The zero-order chi connectivity index (χ0) is 13.1. The second kappa shape index (κ2) is 6.06. The summed E-state index contributed by atoms with van der Waals surface area (Å²) in [6.45, 7) is 1.10. The molecule has 0 saturated heterocycles. The predicted molar refractivity (Wildman–Crippen MR) is 76.1 cm³/mol. The van der Waals surface area contributed by atoms with Gasteiger partial charge in [0, 0.05) is 6.61 Å². The fourth-order valence-electron chi connectivity index (χ4n) is 3.41. The summed E-state index contributed by atoms with van der Waals surface area (Å²) < 4.78 is 6.04. The maximum absolute atomic E-state index is 9.13. The number of fused-ring (bicyclic) bond motifs is 1. The monoisotopic (exact) mass is 260 g/mol. The number of aliphatic hydroxyl groups is 1. The molecule has 104 valence electrons. The van der Waals surface area contributed by atoms with Crippen molar-refractivity contribution in [2.75, 3.05) is 6.61 Å². The summed E-state index contributed by atoms with van der Waals surface area (Å²) >= 11 is 0. The zero-order valence-electron chi connectivity index (χ0n) is 11.6.